The average Bonchev–Trinajstić information content (AvgIpc) is 2.72. The lowest BCUT2D eigenvalue weighted by Gasteiger charge is -2.08. The second-order valence-corrected chi connectivity index (χ2v) is 8.36. The number of unbranched alkanes of at least 4 members (excludes halogenated alkanes) is 11. The summed E-state index contributed by atoms with van der Waals surface area (Å²) in [6.45, 7) is 9.72. The van der Waals surface area contributed by atoms with Crippen molar-refractivity contribution in [2.45, 2.75) is 117 Å². The molecule has 0 amide bonds. The molecule has 0 radical (unpaired) electrons. The van der Waals surface area contributed by atoms with Gasteiger partial charge in [0.05, 0.1) is 39.1 Å². The SMILES string of the molecule is CCCCCCCCCCCCCCOC(=O)CCCOCCOCCOC(C)C. The largest absolute Gasteiger partial charge is 0.466 e. The van der Waals surface area contributed by atoms with Gasteiger partial charge in [-0.3, -0.25) is 4.79 Å². The lowest BCUT2D eigenvalue weighted by molar-refractivity contribution is -0.144. The van der Waals surface area contributed by atoms with Crippen molar-refractivity contribution < 1.29 is 23.7 Å². The van der Waals surface area contributed by atoms with Gasteiger partial charge >= 0.3 is 5.97 Å². The van der Waals surface area contributed by atoms with E-state index in [4.69, 9.17) is 18.9 Å². The van der Waals surface area contributed by atoms with Gasteiger partial charge in [-0.1, -0.05) is 77.6 Å². The lowest BCUT2D eigenvalue weighted by atomic mass is 10.1. The van der Waals surface area contributed by atoms with Crippen molar-refractivity contribution in [3.63, 3.8) is 0 Å². The zero-order valence-electron chi connectivity index (χ0n) is 20.3. The van der Waals surface area contributed by atoms with Crippen LogP contribution in [0.5, 0.6) is 0 Å². The van der Waals surface area contributed by atoms with Crippen molar-refractivity contribution in [3.05, 3.63) is 0 Å². The van der Waals surface area contributed by atoms with E-state index in [-0.39, 0.29) is 12.1 Å². The second-order valence-electron chi connectivity index (χ2n) is 8.36. The second kappa shape index (κ2) is 24.6. The molecule has 0 bridgehead atoms. The number of rotatable bonds is 24. The van der Waals surface area contributed by atoms with Crippen LogP contribution < -0.4 is 0 Å². The first-order chi connectivity index (χ1) is 14.7. The Morgan fingerprint density at radius 3 is 1.67 bits per heavy atom. The van der Waals surface area contributed by atoms with Gasteiger partial charge in [-0.2, -0.15) is 0 Å². The zero-order valence-corrected chi connectivity index (χ0v) is 20.3. The van der Waals surface area contributed by atoms with Gasteiger partial charge in [0.2, 0.25) is 0 Å². The van der Waals surface area contributed by atoms with E-state index in [2.05, 4.69) is 6.92 Å². The van der Waals surface area contributed by atoms with Crippen LogP contribution in [0.25, 0.3) is 0 Å². The van der Waals surface area contributed by atoms with Crippen LogP contribution in [0.2, 0.25) is 0 Å². The molecule has 0 aliphatic rings. The summed E-state index contributed by atoms with van der Waals surface area (Å²) in [5, 5.41) is 0. The number of carbonyl (C=O) groups is 1. The van der Waals surface area contributed by atoms with Crippen LogP contribution in [0.15, 0.2) is 0 Å². The molecule has 0 saturated carbocycles. The summed E-state index contributed by atoms with van der Waals surface area (Å²) in [6, 6.07) is 0. The maximum atomic E-state index is 11.7. The molecular formula is C25H50O5. The number of esters is 1. The molecule has 0 spiro atoms. The Labute approximate surface area is 186 Å². The Morgan fingerprint density at radius 2 is 1.10 bits per heavy atom. The van der Waals surface area contributed by atoms with Gasteiger partial charge in [0.25, 0.3) is 0 Å². The minimum Gasteiger partial charge on any atom is -0.466 e. The highest BCUT2D eigenvalue weighted by molar-refractivity contribution is 5.69. The molecular weight excluding hydrogens is 380 g/mol. The third-order valence-corrected chi connectivity index (χ3v) is 4.98. The molecule has 0 heterocycles. The van der Waals surface area contributed by atoms with E-state index in [0.29, 0.717) is 52.5 Å². The minimum absolute atomic E-state index is 0.108. The third-order valence-electron chi connectivity index (χ3n) is 4.98. The summed E-state index contributed by atoms with van der Waals surface area (Å²) in [5.41, 5.74) is 0. The fraction of sp³-hybridized carbons (Fsp3) is 0.960. The van der Waals surface area contributed by atoms with Crippen LogP contribution in [0.4, 0.5) is 0 Å². The van der Waals surface area contributed by atoms with E-state index in [0.717, 1.165) is 12.8 Å². The summed E-state index contributed by atoms with van der Waals surface area (Å²) in [5.74, 6) is -0.108. The van der Waals surface area contributed by atoms with Crippen molar-refractivity contribution in [2.75, 3.05) is 39.6 Å². The Hall–Kier alpha value is -0.650. The molecule has 0 atom stereocenters. The van der Waals surface area contributed by atoms with E-state index >= 15 is 0 Å². The topological polar surface area (TPSA) is 54.0 Å². The highest BCUT2D eigenvalue weighted by Gasteiger charge is 2.02. The summed E-state index contributed by atoms with van der Waals surface area (Å²) in [6.07, 6.45) is 17.2. The molecule has 0 unspecified atom stereocenters. The van der Waals surface area contributed by atoms with Crippen LogP contribution in [0.1, 0.15) is 111 Å². The monoisotopic (exact) mass is 430 g/mol. The maximum Gasteiger partial charge on any atom is 0.305 e. The minimum atomic E-state index is -0.108. The molecule has 5 heteroatoms. The summed E-state index contributed by atoms with van der Waals surface area (Å²) in [4.78, 5) is 11.7. The summed E-state index contributed by atoms with van der Waals surface area (Å²) >= 11 is 0. The lowest BCUT2D eigenvalue weighted by Crippen LogP contribution is -2.13. The van der Waals surface area contributed by atoms with Gasteiger partial charge in [0, 0.05) is 13.0 Å². The molecule has 0 aliphatic carbocycles. The first kappa shape index (κ1) is 29.4. The van der Waals surface area contributed by atoms with Gasteiger partial charge in [0.1, 0.15) is 0 Å². The molecule has 0 N–H and O–H groups in total. The average molecular weight is 431 g/mol. The van der Waals surface area contributed by atoms with Gasteiger partial charge in [-0.05, 0) is 26.7 Å². The first-order valence-electron chi connectivity index (χ1n) is 12.6. The van der Waals surface area contributed by atoms with E-state index in [1.54, 1.807) is 0 Å². The Bertz CT molecular complexity index is 346. The summed E-state index contributed by atoms with van der Waals surface area (Å²) < 4.78 is 21.5. The van der Waals surface area contributed by atoms with E-state index in [1.807, 2.05) is 13.8 Å². The van der Waals surface area contributed by atoms with E-state index in [9.17, 15) is 4.79 Å². The van der Waals surface area contributed by atoms with Crippen LogP contribution in [0, 0.1) is 0 Å². The van der Waals surface area contributed by atoms with Crippen molar-refractivity contribution in [3.8, 4) is 0 Å². The highest BCUT2D eigenvalue weighted by atomic mass is 16.5. The standard InChI is InChI=1S/C25H50O5/c1-4-5-6-7-8-9-10-11-12-13-14-15-19-30-25(26)17-16-18-27-20-21-28-22-23-29-24(2)3/h24H,4-23H2,1-3H3. The van der Waals surface area contributed by atoms with Gasteiger partial charge in [-0.15, -0.1) is 0 Å². The molecule has 0 aliphatic heterocycles. The molecule has 5 nitrogen and oxygen atoms in total. The fourth-order valence-electron chi connectivity index (χ4n) is 3.18. The predicted molar refractivity (Wildman–Crippen MR) is 124 cm³/mol. The van der Waals surface area contributed by atoms with Crippen molar-refractivity contribution in [1.82, 2.24) is 0 Å². The molecule has 30 heavy (non-hydrogen) atoms. The predicted octanol–water partition coefficient (Wildman–Crippen LogP) is 6.47. The third kappa shape index (κ3) is 25.4. The molecule has 180 valence electrons. The number of hydrogen-bond donors (Lipinski definition) is 0. The van der Waals surface area contributed by atoms with Gasteiger partial charge < -0.3 is 18.9 Å². The molecule has 0 aromatic rings. The Balaban J connectivity index is 3.15. The number of carbonyl (C=O) groups excluding carboxylic acids is 1. The van der Waals surface area contributed by atoms with Crippen LogP contribution in [0.3, 0.4) is 0 Å². The Kier molecular flexibility index (Phi) is 24.1. The molecule has 0 aromatic heterocycles. The number of hydrogen-bond acceptors (Lipinski definition) is 5. The van der Waals surface area contributed by atoms with Crippen LogP contribution in [-0.2, 0) is 23.7 Å². The van der Waals surface area contributed by atoms with Crippen molar-refractivity contribution >= 4 is 5.97 Å². The quantitative estimate of drug-likeness (QED) is 0.130. The molecule has 0 rings (SSSR count). The van der Waals surface area contributed by atoms with E-state index < -0.39 is 0 Å². The zero-order chi connectivity index (χ0) is 22.1. The number of ether oxygens (including phenoxy) is 4. The molecule has 0 fully saturated rings. The normalized spacial score (nSPS) is 11.3. The molecule has 0 saturated heterocycles. The fourth-order valence-corrected chi connectivity index (χ4v) is 3.18. The van der Waals surface area contributed by atoms with E-state index in [1.165, 1.54) is 64.2 Å². The molecule has 0 aromatic carbocycles. The van der Waals surface area contributed by atoms with Gasteiger partial charge in [0.15, 0.2) is 0 Å². The van der Waals surface area contributed by atoms with Crippen LogP contribution in [-0.4, -0.2) is 51.7 Å². The van der Waals surface area contributed by atoms with Crippen molar-refractivity contribution in [1.29, 1.82) is 0 Å². The highest BCUT2D eigenvalue weighted by Crippen LogP contribution is 2.12. The summed E-state index contributed by atoms with van der Waals surface area (Å²) in [7, 11) is 0. The van der Waals surface area contributed by atoms with Crippen LogP contribution >= 0.6 is 0 Å². The smallest absolute Gasteiger partial charge is 0.305 e. The maximum absolute atomic E-state index is 11.7. The Morgan fingerprint density at radius 1 is 0.600 bits per heavy atom. The first-order valence-corrected chi connectivity index (χ1v) is 12.6. The van der Waals surface area contributed by atoms with Crippen molar-refractivity contribution in [2.24, 2.45) is 0 Å². The van der Waals surface area contributed by atoms with Gasteiger partial charge in [-0.25, -0.2) is 0 Å².